The molecule has 2 aromatic rings. The highest BCUT2D eigenvalue weighted by Gasteiger charge is 2.28. The molecule has 0 fully saturated rings. The van der Waals surface area contributed by atoms with Crippen LogP contribution in [-0.4, -0.2) is 34.0 Å². The van der Waals surface area contributed by atoms with E-state index in [1.807, 2.05) is 57.2 Å². The van der Waals surface area contributed by atoms with Crippen molar-refractivity contribution in [3.05, 3.63) is 69.7 Å². The summed E-state index contributed by atoms with van der Waals surface area (Å²) >= 11 is 5.02. The molecule has 0 heterocycles. The Hall–Kier alpha value is -1.79. The molecule has 0 aromatic heterocycles. The molecule has 2 aromatic carbocycles. The molecule has 4 nitrogen and oxygen atoms in total. The summed E-state index contributed by atoms with van der Waals surface area (Å²) in [5, 5.41) is 2.99. The third-order valence-corrected chi connectivity index (χ3v) is 6.17. The van der Waals surface area contributed by atoms with E-state index >= 15 is 0 Å². The molecule has 2 amide bonds. The SMILES string of the molecule is Cc1ccccc1CSCC(=O)N(Cc1ccc(Br)cc1)[C@@H](C)C(=O)NC(C)(C)C. The van der Waals surface area contributed by atoms with E-state index in [1.54, 1.807) is 23.6 Å². The molecular weight excluding hydrogens is 460 g/mol. The first kappa shape index (κ1) is 24.5. The highest BCUT2D eigenvalue weighted by Crippen LogP contribution is 2.19. The average Bonchev–Trinajstić information content (AvgIpc) is 2.67. The number of hydrogen-bond acceptors (Lipinski definition) is 3. The van der Waals surface area contributed by atoms with E-state index in [-0.39, 0.29) is 17.4 Å². The minimum atomic E-state index is -0.556. The van der Waals surface area contributed by atoms with Crippen LogP contribution in [0.15, 0.2) is 53.0 Å². The zero-order valence-corrected chi connectivity index (χ0v) is 20.8. The Morgan fingerprint density at radius 2 is 1.73 bits per heavy atom. The highest BCUT2D eigenvalue weighted by molar-refractivity contribution is 9.10. The van der Waals surface area contributed by atoms with Crippen molar-refractivity contribution in [3.8, 4) is 0 Å². The van der Waals surface area contributed by atoms with E-state index in [0.29, 0.717) is 12.3 Å². The van der Waals surface area contributed by atoms with Gasteiger partial charge >= 0.3 is 0 Å². The van der Waals surface area contributed by atoms with Gasteiger partial charge in [0, 0.05) is 22.3 Å². The molecule has 6 heteroatoms. The molecule has 0 aliphatic carbocycles. The van der Waals surface area contributed by atoms with Gasteiger partial charge in [0.25, 0.3) is 0 Å². The van der Waals surface area contributed by atoms with Crippen molar-refractivity contribution in [3.63, 3.8) is 0 Å². The first-order valence-corrected chi connectivity index (χ1v) is 12.0. The third-order valence-electron chi connectivity index (χ3n) is 4.68. The molecular formula is C24H31BrN2O2S. The summed E-state index contributed by atoms with van der Waals surface area (Å²) in [6.07, 6.45) is 0. The Bertz CT molecular complexity index is 862. The number of hydrogen-bond donors (Lipinski definition) is 1. The Balaban J connectivity index is 2.10. The van der Waals surface area contributed by atoms with Crippen LogP contribution in [0.1, 0.15) is 44.4 Å². The van der Waals surface area contributed by atoms with E-state index in [2.05, 4.69) is 40.3 Å². The summed E-state index contributed by atoms with van der Waals surface area (Å²) < 4.78 is 0.983. The fraction of sp³-hybridized carbons (Fsp3) is 0.417. The monoisotopic (exact) mass is 490 g/mol. The fourth-order valence-electron chi connectivity index (χ4n) is 2.95. The molecule has 0 saturated heterocycles. The molecule has 162 valence electrons. The van der Waals surface area contributed by atoms with Gasteiger partial charge in [-0.05, 0) is 63.4 Å². The van der Waals surface area contributed by atoms with Crippen molar-refractivity contribution in [2.75, 3.05) is 5.75 Å². The molecule has 0 saturated carbocycles. The number of rotatable bonds is 8. The lowest BCUT2D eigenvalue weighted by atomic mass is 10.1. The Morgan fingerprint density at radius 1 is 1.10 bits per heavy atom. The summed E-state index contributed by atoms with van der Waals surface area (Å²) in [5.74, 6) is 0.926. The van der Waals surface area contributed by atoms with Crippen LogP contribution in [0.3, 0.4) is 0 Å². The smallest absolute Gasteiger partial charge is 0.242 e. The van der Waals surface area contributed by atoms with E-state index in [4.69, 9.17) is 0 Å². The quantitative estimate of drug-likeness (QED) is 0.544. The lowest BCUT2D eigenvalue weighted by molar-refractivity contribution is -0.139. The van der Waals surface area contributed by atoms with Crippen LogP contribution >= 0.6 is 27.7 Å². The number of halogens is 1. The molecule has 2 rings (SSSR count). The predicted octanol–water partition coefficient (Wildman–Crippen LogP) is 5.32. The van der Waals surface area contributed by atoms with Gasteiger partial charge in [0.05, 0.1) is 5.75 Å². The lowest BCUT2D eigenvalue weighted by Gasteiger charge is -2.31. The van der Waals surface area contributed by atoms with Crippen molar-refractivity contribution in [1.82, 2.24) is 10.2 Å². The molecule has 1 N–H and O–H groups in total. The number of aryl methyl sites for hydroxylation is 1. The summed E-state index contributed by atoms with van der Waals surface area (Å²) in [5.41, 5.74) is 3.10. The summed E-state index contributed by atoms with van der Waals surface area (Å²) in [6, 6.07) is 15.5. The van der Waals surface area contributed by atoms with Crippen molar-refractivity contribution in [2.45, 2.75) is 58.5 Å². The third kappa shape index (κ3) is 7.80. The molecule has 0 bridgehead atoms. The van der Waals surface area contributed by atoms with Crippen LogP contribution in [-0.2, 0) is 21.9 Å². The number of nitrogens with one attached hydrogen (secondary N) is 1. The van der Waals surface area contributed by atoms with Crippen molar-refractivity contribution in [2.24, 2.45) is 0 Å². The second-order valence-electron chi connectivity index (χ2n) is 8.48. The van der Waals surface area contributed by atoms with Gasteiger partial charge in [0.2, 0.25) is 11.8 Å². The first-order valence-electron chi connectivity index (χ1n) is 10.0. The van der Waals surface area contributed by atoms with Gasteiger partial charge in [0.15, 0.2) is 0 Å². The number of nitrogens with zero attached hydrogens (tertiary/aromatic N) is 1. The van der Waals surface area contributed by atoms with Gasteiger partial charge in [-0.25, -0.2) is 0 Å². The minimum absolute atomic E-state index is 0.0342. The lowest BCUT2D eigenvalue weighted by Crippen LogP contribution is -2.52. The maximum atomic E-state index is 13.1. The largest absolute Gasteiger partial charge is 0.350 e. The number of amides is 2. The molecule has 0 aliphatic rings. The zero-order chi connectivity index (χ0) is 22.3. The zero-order valence-electron chi connectivity index (χ0n) is 18.4. The summed E-state index contributed by atoms with van der Waals surface area (Å²) in [7, 11) is 0. The van der Waals surface area contributed by atoms with Crippen LogP contribution in [0.2, 0.25) is 0 Å². The van der Waals surface area contributed by atoms with Gasteiger partial charge in [-0.3, -0.25) is 9.59 Å². The number of benzene rings is 2. The summed E-state index contributed by atoms with van der Waals surface area (Å²) in [6.45, 7) is 10.1. The Labute approximate surface area is 192 Å². The van der Waals surface area contributed by atoms with E-state index in [1.165, 1.54) is 11.1 Å². The topological polar surface area (TPSA) is 49.4 Å². The number of carbonyl (C=O) groups excluding carboxylic acids is 2. The van der Waals surface area contributed by atoms with E-state index in [0.717, 1.165) is 15.8 Å². The van der Waals surface area contributed by atoms with E-state index < -0.39 is 6.04 Å². The van der Waals surface area contributed by atoms with Crippen LogP contribution in [0, 0.1) is 6.92 Å². The Morgan fingerprint density at radius 3 is 2.33 bits per heavy atom. The van der Waals surface area contributed by atoms with Crippen molar-refractivity contribution < 1.29 is 9.59 Å². The van der Waals surface area contributed by atoms with Crippen molar-refractivity contribution in [1.29, 1.82) is 0 Å². The first-order chi connectivity index (χ1) is 14.1. The number of thioether (sulfide) groups is 1. The standard InChI is InChI=1S/C24H31BrN2O2S/c1-17-8-6-7-9-20(17)15-30-16-22(28)27(14-19-10-12-21(25)13-11-19)18(2)23(29)26-24(3,4)5/h6-13,18H,14-16H2,1-5H3,(H,26,29)/t18-/m0/s1. The second kappa shape index (κ2) is 11.0. The Kier molecular flexibility index (Phi) is 8.98. The normalized spacial score (nSPS) is 12.3. The van der Waals surface area contributed by atoms with Crippen LogP contribution < -0.4 is 5.32 Å². The van der Waals surface area contributed by atoms with Crippen LogP contribution in [0.5, 0.6) is 0 Å². The van der Waals surface area contributed by atoms with Gasteiger partial charge in [-0.1, -0.05) is 52.3 Å². The average molecular weight is 491 g/mol. The maximum Gasteiger partial charge on any atom is 0.242 e. The second-order valence-corrected chi connectivity index (χ2v) is 10.4. The van der Waals surface area contributed by atoms with Crippen LogP contribution in [0.4, 0.5) is 0 Å². The molecule has 0 spiro atoms. The summed E-state index contributed by atoms with van der Waals surface area (Å²) in [4.78, 5) is 27.6. The fourth-order valence-corrected chi connectivity index (χ4v) is 4.20. The van der Waals surface area contributed by atoms with Gasteiger partial charge in [0.1, 0.15) is 6.04 Å². The number of carbonyl (C=O) groups is 2. The molecule has 0 aliphatic heterocycles. The maximum absolute atomic E-state index is 13.1. The highest BCUT2D eigenvalue weighted by atomic mass is 79.9. The molecule has 1 atom stereocenters. The predicted molar refractivity (Wildman–Crippen MR) is 129 cm³/mol. The molecule has 0 radical (unpaired) electrons. The van der Waals surface area contributed by atoms with Gasteiger partial charge in [-0.2, -0.15) is 0 Å². The van der Waals surface area contributed by atoms with Crippen LogP contribution in [0.25, 0.3) is 0 Å². The molecule has 30 heavy (non-hydrogen) atoms. The van der Waals surface area contributed by atoms with Crippen molar-refractivity contribution >= 4 is 39.5 Å². The molecule has 0 unspecified atom stereocenters. The van der Waals surface area contributed by atoms with Gasteiger partial charge < -0.3 is 10.2 Å². The van der Waals surface area contributed by atoms with Gasteiger partial charge in [-0.15, -0.1) is 11.8 Å². The minimum Gasteiger partial charge on any atom is -0.350 e. The van der Waals surface area contributed by atoms with E-state index in [9.17, 15) is 9.59 Å².